The molecule has 1 aliphatic rings. The normalized spacial score (nSPS) is 13.9. The van der Waals surface area contributed by atoms with Crippen LogP contribution in [0.25, 0.3) is 0 Å². The number of aromatic nitrogens is 2. The number of hydrogen-bond acceptors (Lipinski definition) is 5. The van der Waals surface area contributed by atoms with Crippen LogP contribution in [0.3, 0.4) is 0 Å². The van der Waals surface area contributed by atoms with Gasteiger partial charge in [-0.3, -0.25) is 0 Å². The molecule has 1 aromatic carbocycles. The largest absolute Gasteiger partial charge is 0.395 e. The molecular weight excluding hydrogens is 302 g/mol. The van der Waals surface area contributed by atoms with Gasteiger partial charge in [0.15, 0.2) is 0 Å². The lowest BCUT2D eigenvalue weighted by atomic mass is 10.2. The van der Waals surface area contributed by atoms with Crippen molar-refractivity contribution in [3.05, 3.63) is 47.2 Å². The number of rotatable bonds is 7. The van der Waals surface area contributed by atoms with Gasteiger partial charge < -0.3 is 15.7 Å². The second kappa shape index (κ2) is 6.87. The SMILES string of the molecule is OCCNc1nc(NCc2cc(F)cc(F)c2)cc(C2CC2)n1. The molecule has 0 unspecified atom stereocenters. The van der Waals surface area contributed by atoms with Gasteiger partial charge in [0.1, 0.15) is 17.5 Å². The molecule has 1 saturated carbocycles. The topological polar surface area (TPSA) is 70.1 Å². The maximum atomic E-state index is 13.2. The van der Waals surface area contributed by atoms with Crippen LogP contribution in [0.15, 0.2) is 24.3 Å². The van der Waals surface area contributed by atoms with E-state index in [0.717, 1.165) is 24.6 Å². The predicted octanol–water partition coefficient (Wildman–Crippen LogP) is 2.65. The molecule has 3 N–H and O–H groups in total. The van der Waals surface area contributed by atoms with Crippen LogP contribution in [0.4, 0.5) is 20.5 Å². The van der Waals surface area contributed by atoms with Gasteiger partial charge in [0, 0.05) is 31.1 Å². The van der Waals surface area contributed by atoms with Crippen molar-refractivity contribution in [3.63, 3.8) is 0 Å². The van der Waals surface area contributed by atoms with E-state index in [1.165, 1.54) is 12.1 Å². The molecule has 7 heteroatoms. The zero-order valence-corrected chi connectivity index (χ0v) is 12.5. The van der Waals surface area contributed by atoms with Gasteiger partial charge in [0.2, 0.25) is 5.95 Å². The Balaban J connectivity index is 1.74. The summed E-state index contributed by atoms with van der Waals surface area (Å²) in [7, 11) is 0. The number of aliphatic hydroxyl groups excluding tert-OH is 1. The second-order valence-corrected chi connectivity index (χ2v) is 5.56. The molecule has 2 aromatic rings. The number of anilines is 2. The molecule has 0 saturated heterocycles. The molecule has 1 aromatic heterocycles. The Labute approximate surface area is 132 Å². The summed E-state index contributed by atoms with van der Waals surface area (Å²) in [4.78, 5) is 8.73. The lowest BCUT2D eigenvalue weighted by Crippen LogP contribution is -2.11. The average Bonchev–Trinajstić information content (AvgIpc) is 3.35. The van der Waals surface area contributed by atoms with Crippen molar-refractivity contribution < 1.29 is 13.9 Å². The third-order valence-corrected chi connectivity index (χ3v) is 3.53. The van der Waals surface area contributed by atoms with Crippen LogP contribution in [-0.2, 0) is 6.54 Å². The van der Waals surface area contributed by atoms with Crippen LogP contribution < -0.4 is 10.6 Å². The maximum absolute atomic E-state index is 13.2. The zero-order chi connectivity index (χ0) is 16.2. The number of nitrogens with one attached hydrogen (secondary N) is 2. The predicted molar refractivity (Wildman–Crippen MR) is 83.3 cm³/mol. The Bertz CT molecular complexity index is 672. The molecule has 0 bridgehead atoms. The summed E-state index contributed by atoms with van der Waals surface area (Å²) >= 11 is 0. The number of halogens is 2. The second-order valence-electron chi connectivity index (χ2n) is 5.56. The molecule has 0 amide bonds. The smallest absolute Gasteiger partial charge is 0.224 e. The number of hydrogen-bond donors (Lipinski definition) is 3. The van der Waals surface area contributed by atoms with E-state index >= 15 is 0 Å². The Hall–Kier alpha value is -2.28. The van der Waals surface area contributed by atoms with Gasteiger partial charge >= 0.3 is 0 Å². The molecule has 0 radical (unpaired) electrons. The van der Waals surface area contributed by atoms with Crippen LogP contribution in [0.2, 0.25) is 0 Å². The van der Waals surface area contributed by atoms with Gasteiger partial charge in [-0.25, -0.2) is 13.8 Å². The summed E-state index contributed by atoms with van der Waals surface area (Å²) in [5.74, 6) is 0.269. The van der Waals surface area contributed by atoms with Gasteiger partial charge in [-0.05, 0) is 30.5 Å². The van der Waals surface area contributed by atoms with E-state index < -0.39 is 11.6 Å². The number of nitrogens with zero attached hydrogens (tertiary/aromatic N) is 2. The van der Waals surface area contributed by atoms with Crippen molar-refractivity contribution >= 4 is 11.8 Å². The third kappa shape index (κ3) is 4.35. The Morgan fingerprint density at radius 2 is 1.78 bits per heavy atom. The molecular formula is C16H18F2N4O. The molecule has 0 atom stereocenters. The first-order valence-corrected chi connectivity index (χ1v) is 7.56. The highest BCUT2D eigenvalue weighted by atomic mass is 19.1. The average molecular weight is 320 g/mol. The van der Waals surface area contributed by atoms with Crippen molar-refractivity contribution in [2.24, 2.45) is 0 Å². The van der Waals surface area contributed by atoms with E-state index in [1.54, 1.807) is 0 Å². The van der Waals surface area contributed by atoms with Crippen LogP contribution >= 0.6 is 0 Å². The fourth-order valence-electron chi connectivity index (χ4n) is 2.30. The van der Waals surface area contributed by atoms with Crippen molar-refractivity contribution in [1.82, 2.24) is 9.97 Å². The molecule has 23 heavy (non-hydrogen) atoms. The van der Waals surface area contributed by atoms with E-state index in [0.29, 0.717) is 29.8 Å². The Morgan fingerprint density at radius 3 is 2.43 bits per heavy atom. The van der Waals surface area contributed by atoms with Crippen LogP contribution in [0.5, 0.6) is 0 Å². The third-order valence-electron chi connectivity index (χ3n) is 3.53. The minimum Gasteiger partial charge on any atom is -0.395 e. The highest BCUT2D eigenvalue weighted by molar-refractivity contribution is 5.44. The summed E-state index contributed by atoms with van der Waals surface area (Å²) < 4.78 is 26.4. The molecule has 5 nitrogen and oxygen atoms in total. The van der Waals surface area contributed by atoms with Crippen LogP contribution in [0, 0.1) is 11.6 Å². The van der Waals surface area contributed by atoms with Crippen LogP contribution in [0.1, 0.15) is 30.0 Å². The summed E-state index contributed by atoms with van der Waals surface area (Å²) in [6.07, 6.45) is 2.20. The summed E-state index contributed by atoms with van der Waals surface area (Å²) in [5.41, 5.74) is 1.44. The van der Waals surface area contributed by atoms with E-state index in [-0.39, 0.29) is 13.2 Å². The lowest BCUT2D eigenvalue weighted by Gasteiger charge is -2.11. The molecule has 1 heterocycles. The van der Waals surface area contributed by atoms with E-state index in [4.69, 9.17) is 5.11 Å². The molecule has 0 spiro atoms. The van der Waals surface area contributed by atoms with Crippen molar-refractivity contribution in [1.29, 1.82) is 0 Å². The molecule has 122 valence electrons. The summed E-state index contributed by atoms with van der Waals surface area (Å²) in [5, 5.41) is 14.9. The fourth-order valence-corrected chi connectivity index (χ4v) is 2.30. The van der Waals surface area contributed by atoms with Gasteiger partial charge in [-0.15, -0.1) is 0 Å². The van der Waals surface area contributed by atoms with Crippen molar-refractivity contribution in [2.45, 2.75) is 25.3 Å². The maximum Gasteiger partial charge on any atom is 0.224 e. The van der Waals surface area contributed by atoms with E-state index in [2.05, 4.69) is 20.6 Å². The van der Waals surface area contributed by atoms with Gasteiger partial charge in [-0.2, -0.15) is 4.98 Å². The molecule has 3 rings (SSSR count). The summed E-state index contributed by atoms with van der Waals surface area (Å²) in [6.45, 7) is 0.611. The van der Waals surface area contributed by atoms with E-state index in [9.17, 15) is 8.78 Å². The first-order chi connectivity index (χ1) is 11.1. The highest BCUT2D eigenvalue weighted by Gasteiger charge is 2.26. The fraction of sp³-hybridized carbons (Fsp3) is 0.375. The van der Waals surface area contributed by atoms with Gasteiger partial charge in [0.05, 0.1) is 12.3 Å². The minimum absolute atomic E-state index is 0.0116. The van der Waals surface area contributed by atoms with Gasteiger partial charge in [-0.1, -0.05) is 0 Å². The quantitative estimate of drug-likeness (QED) is 0.732. The zero-order valence-electron chi connectivity index (χ0n) is 12.5. The first-order valence-electron chi connectivity index (χ1n) is 7.56. The highest BCUT2D eigenvalue weighted by Crippen LogP contribution is 2.39. The minimum atomic E-state index is -0.603. The molecule has 1 aliphatic carbocycles. The summed E-state index contributed by atoms with van der Waals surface area (Å²) in [6, 6.07) is 5.27. The molecule has 1 fully saturated rings. The number of aliphatic hydroxyl groups is 1. The Kier molecular flexibility index (Phi) is 4.66. The Morgan fingerprint density at radius 1 is 1.04 bits per heavy atom. The first kappa shape index (κ1) is 15.6. The van der Waals surface area contributed by atoms with Crippen LogP contribution in [-0.4, -0.2) is 28.2 Å². The lowest BCUT2D eigenvalue weighted by molar-refractivity contribution is 0.311. The monoisotopic (exact) mass is 320 g/mol. The van der Waals surface area contributed by atoms with Gasteiger partial charge in [0.25, 0.3) is 0 Å². The van der Waals surface area contributed by atoms with Crippen molar-refractivity contribution in [2.75, 3.05) is 23.8 Å². The van der Waals surface area contributed by atoms with E-state index in [1.807, 2.05) is 6.07 Å². The number of benzene rings is 1. The van der Waals surface area contributed by atoms with Crippen molar-refractivity contribution in [3.8, 4) is 0 Å². The standard InChI is InChI=1S/C16H18F2N4O/c17-12-5-10(6-13(18)7-12)9-20-15-8-14(11-1-2-11)21-16(22-15)19-3-4-23/h5-8,11,23H,1-4,9H2,(H2,19,20,21,22). The molecule has 0 aliphatic heterocycles.